The first-order valence-electron chi connectivity index (χ1n) is 18.2. The van der Waals surface area contributed by atoms with Gasteiger partial charge in [0.05, 0.1) is 40.8 Å². The number of hydrogen-bond acceptors (Lipinski definition) is 7. The number of rotatable bonds is 15. The second kappa shape index (κ2) is 17.8. The highest BCUT2D eigenvalue weighted by Crippen LogP contribution is 2.29. The van der Waals surface area contributed by atoms with Crippen molar-refractivity contribution in [3.63, 3.8) is 0 Å². The number of amides is 4. The molecule has 2 atom stereocenters. The molecule has 1 unspecified atom stereocenters. The Hall–Kier alpha value is -5.18. The van der Waals surface area contributed by atoms with Crippen molar-refractivity contribution < 1.29 is 34.0 Å². The zero-order valence-corrected chi connectivity index (χ0v) is 31.7. The van der Waals surface area contributed by atoms with Crippen molar-refractivity contribution in [3.05, 3.63) is 112 Å². The minimum absolute atomic E-state index is 0. The molecule has 286 valence electrons. The third-order valence-electron chi connectivity index (χ3n) is 9.85. The molecule has 0 radical (unpaired) electrons. The van der Waals surface area contributed by atoms with Crippen LogP contribution in [0.5, 0.6) is 0 Å². The van der Waals surface area contributed by atoms with Gasteiger partial charge in [-0.1, -0.05) is 63.1 Å². The largest absolute Gasteiger partial charge is 0.412 e. The summed E-state index contributed by atoms with van der Waals surface area (Å²) in [5.41, 5.74) is 4.68. The van der Waals surface area contributed by atoms with Crippen LogP contribution in [0.3, 0.4) is 0 Å². The van der Waals surface area contributed by atoms with Crippen molar-refractivity contribution in [2.24, 2.45) is 0 Å². The number of aliphatic hydroxyl groups excluding tert-OH is 1. The lowest BCUT2D eigenvalue weighted by molar-refractivity contribution is 0.0543. The number of benzene rings is 3. The van der Waals surface area contributed by atoms with E-state index in [1.54, 1.807) is 58.1 Å². The summed E-state index contributed by atoms with van der Waals surface area (Å²) in [4.78, 5) is 58.6. The van der Waals surface area contributed by atoms with E-state index in [-0.39, 0.29) is 54.0 Å². The van der Waals surface area contributed by atoms with Crippen LogP contribution in [0.25, 0.3) is 5.69 Å². The summed E-state index contributed by atoms with van der Waals surface area (Å²) in [6.45, 7) is 7.26. The van der Waals surface area contributed by atoms with Gasteiger partial charge in [0.1, 0.15) is 11.0 Å². The Morgan fingerprint density at radius 3 is 2.19 bits per heavy atom. The van der Waals surface area contributed by atoms with E-state index in [1.807, 2.05) is 36.1 Å². The summed E-state index contributed by atoms with van der Waals surface area (Å²) in [7, 11) is -1.73. The molecule has 3 heterocycles. The predicted molar refractivity (Wildman–Crippen MR) is 207 cm³/mol. The molecule has 13 nitrogen and oxygen atoms in total. The van der Waals surface area contributed by atoms with Crippen LogP contribution in [0.1, 0.15) is 97.9 Å². The van der Waals surface area contributed by atoms with Gasteiger partial charge < -0.3 is 25.1 Å². The molecule has 0 spiro atoms. The predicted octanol–water partition coefficient (Wildman–Crippen LogP) is 4.33. The summed E-state index contributed by atoms with van der Waals surface area (Å²) in [6.07, 6.45) is 4.16. The first-order chi connectivity index (χ1) is 25.6. The number of aromatic nitrogens is 2. The molecule has 0 saturated carbocycles. The highest BCUT2D eigenvalue weighted by molar-refractivity contribution is 7.86. The quantitative estimate of drug-likeness (QED) is 0.170. The van der Waals surface area contributed by atoms with Gasteiger partial charge >= 0.3 is 0 Å². The first-order valence-corrected chi connectivity index (χ1v) is 19.6. The molecule has 14 heteroatoms. The average Bonchev–Trinajstić information content (AvgIpc) is 3.68. The second-order valence-electron chi connectivity index (χ2n) is 13.5. The third kappa shape index (κ3) is 8.30. The highest BCUT2D eigenvalue weighted by atomic mass is 32.2. The number of unbranched alkanes of at least 4 members (excludes halogenated alkanes) is 2. The van der Waals surface area contributed by atoms with Crippen LogP contribution in [0.2, 0.25) is 0 Å². The lowest BCUT2D eigenvalue weighted by Gasteiger charge is -2.36. The van der Waals surface area contributed by atoms with Crippen LogP contribution in [-0.2, 0) is 24.0 Å². The maximum atomic E-state index is 14.6. The van der Waals surface area contributed by atoms with Gasteiger partial charge in [-0.05, 0) is 73.7 Å². The Bertz CT molecular complexity index is 2010. The fourth-order valence-electron chi connectivity index (χ4n) is 6.90. The van der Waals surface area contributed by atoms with E-state index < -0.39 is 28.8 Å². The molecule has 2 aliphatic rings. The minimum atomic E-state index is -1.73. The lowest BCUT2D eigenvalue weighted by atomic mass is 9.93. The molecule has 0 bridgehead atoms. The van der Waals surface area contributed by atoms with Crippen LogP contribution in [-0.4, -0.2) is 101 Å². The van der Waals surface area contributed by atoms with Gasteiger partial charge in [0.15, 0.2) is 5.69 Å². The molecule has 0 fully saturated rings. The Balaban J connectivity index is 0.00000561. The summed E-state index contributed by atoms with van der Waals surface area (Å²) >= 11 is 0. The van der Waals surface area contributed by atoms with Gasteiger partial charge in [-0.3, -0.25) is 24.1 Å². The topological polar surface area (TPSA) is 177 Å². The molecule has 0 aliphatic carbocycles. The standard InChI is InChI=1S/C40H46N6O6S.H2O/c1-4-6-18-43(19-7-5-2)40(51)35-22-27(3)46(41-35)36-17-16-30(42-53(52)21-20-44-37(48)32-14-10-11-15-33(32)38(44)49)24-34(36)39(50)45-25-29-13-9-8-12-28(29)23-31(45)26-47;/h8-17,22,24,31,42,47H,4-7,18-21,23,25-26H2,1-3H3;1H2/t31-,53?;/m0./s1. The number of carbonyl (C=O) groups excluding carboxylic acids is 4. The van der Waals surface area contributed by atoms with Gasteiger partial charge in [-0.2, -0.15) is 5.10 Å². The van der Waals surface area contributed by atoms with Crippen molar-refractivity contribution >= 4 is 40.3 Å². The SMILES string of the molecule is CCCCN(CCCC)C(=O)c1cc(C)n(-c2ccc(NS(=O)CCN3C(=O)c4ccccc4C3=O)cc2C(=O)N2Cc3ccccc3C[C@H]2CO)n1.O. The molecule has 4 amide bonds. The molecule has 4 N–H and O–H groups in total. The van der Waals surface area contributed by atoms with Gasteiger partial charge in [0.25, 0.3) is 23.6 Å². The van der Waals surface area contributed by atoms with E-state index in [0.29, 0.717) is 47.7 Å². The molecule has 54 heavy (non-hydrogen) atoms. The molecule has 3 aromatic carbocycles. The Kier molecular flexibility index (Phi) is 13.2. The summed E-state index contributed by atoms with van der Waals surface area (Å²) in [5.74, 6) is -1.41. The van der Waals surface area contributed by atoms with E-state index in [9.17, 15) is 28.5 Å². The zero-order valence-electron chi connectivity index (χ0n) is 30.9. The van der Waals surface area contributed by atoms with Gasteiger partial charge in [-0.25, -0.2) is 8.89 Å². The summed E-state index contributed by atoms with van der Waals surface area (Å²) in [6, 6.07) is 20.7. The number of hydrogen-bond donors (Lipinski definition) is 2. The fraction of sp³-hybridized carbons (Fsp3) is 0.375. The normalized spacial score (nSPS) is 15.4. The van der Waals surface area contributed by atoms with E-state index in [2.05, 4.69) is 18.6 Å². The molecule has 2 aliphatic heterocycles. The molecule has 4 aromatic rings. The lowest BCUT2D eigenvalue weighted by Crippen LogP contribution is -2.46. The van der Waals surface area contributed by atoms with Gasteiger partial charge in [0, 0.05) is 37.6 Å². The van der Waals surface area contributed by atoms with Crippen molar-refractivity contribution in [2.75, 3.05) is 36.7 Å². The third-order valence-corrected chi connectivity index (χ3v) is 10.9. The number of nitrogens with zero attached hydrogens (tertiary/aromatic N) is 5. The Morgan fingerprint density at radius 2 is 1.56 bits per heavy atom. The number of fused-ring (bicyclic) bond motifs is 2. The first kappa shape index (κ1) is 40.0. The number of aliphatic hydroxyl groups is 1. The van der Waals surface area contributed by atoms with Crippen molar-refractivity contribution in [2.45, 2.75) is 65.5 Å². The van der Waals surface area contributed by atoms with Gasteiger partial charge in [0.2, 0.25) is 0 Å². The second-order valence-corrected chi connectivity index (χ2v) is 14.8. The van der Waals surface area contributed by atoms with Crippen LogP contribution in [0, 0.1) is 6.92 Å². The maximum Gasteiger partial charge on any atom is 0.274 e. The van der Waals surface area contributed by atoms with Crippen LogP contribution < -0.4 is 4.72 Å². The number of nitrogens with one attached hydrogen (secondary N) is 1. The number of imide groups is 1. The summed E-state index contributed by atoms with van der Waals surface area (Å²) in [5, 5.41) is 15.1. The monoisotopic (exact) mass is 756 g/mol. The fourth-order valence-corrected chi connectivity index (χ4v) is 7.74. The molecular formula is C40H48N6O7S. The Morgan fingerprint density at radius 1 is 0.926 bits per heavy atom. The number of aryl methyl sites for hydroxylation is 1. The van der Waals surface area contributed by atoms with Crippen molar-refractivity contribution in [1.82, 2.24) is 24.5 Å². The molecule has 1 aromatic heterocycles. The molecular weight excluding hydrogens is 709 g/mol. The smallest absolute Gasteiger partial charge is 0.274 e. The van der Waals surface area contributed by atoms with E-state index in [1.165, 1.54) is 0 Å². The van der Waals surface area contributed by atoms with Crippen LogP contribution in [0.15, 0.2) is 72.8 Å². The number of carbonyl (C=O) groups is 4. The number of anilines is 1. The van der Waals surface area contributed by atoms with E-state index in [0.717, 1.165) is 41.7 Å². The van der Waals surface area contributed by atoms with E-state index in [4.69, 9.17) is 5.10 Å². The van der Waals surface area contributed by atoms with Gasteiger partial charge in [-0.15, -0.1) is 0 Å². The van der Waals surface area contributed by atoms with E-state index >= 15 is 0 Å². The van der Waals surface area contributed by atoms with Crippen molar-refractivity contribution in [3.8, 4) is 5.69 Å². The van der Waals surface area contributed by atoms with Crippen molar-refractivity contribution in [1.29, 1.82) is 0 Å². The van der Waals surface area contributed by atoms with Crippen LogP contribution >= 0.6 is 0 Å². The molecule has 6 rings (SSSR count). The minimum Gasteiger partial charge on any atom is -0.412 e. The Labute approximate surface area is 317 Å². The maximum absolute atomic E-state index is 14.6. The summed E-state index contributed by atoms with van der Waals surface area (Å²) < 4.78 is 17.9. The molecule has 0 saturated heterocycles. The highest BCUT2D eigenvalue weighted by Gasteiger charge is 2.35. The average molecular weight is 757 g/mol. The zero-order chi connectivity index (χ0) is 37.6. The van der Waals surface area contributed by atoms with Crippen LogP contribution in [0.4, 0.5) is 5.69 Å².